The summed E-state index contributed by atoms with van der Waals surface area (Å²) >= 11 is 6.00. The van der Waals surface area contributed by atoms with E-state index in [1.807, 2.05) is 18.2 Å². The number of nitrogens with one attached hydrogen (secondary N) is 2. The second-order valence-corrected chi connectivity index (χ2v) is 7.78. The lowest BCUT2D eigenvalue weighted by molar-refractivity contribution is -0.121. The third kappa shape index (κ3) is 4.62. The van der Waals surface area contributed by atoms with Gasteiger partial charge in [-0.2, -0.15) is 5.10 Å². The number of amides is 1. The van der Waals surface area contributed by atoms with Gasteiger partial charge in [0.1, 0.15) is 5.82 Å². The zero-order valence-corrected chi connectivity index (χ0v) is 17.4. The van der Waals surface area contributed by atoms with Crippen molar-refractivity contribution in [3.63, 3.8) is 0 Å². The summed E-state index contributed by atoms with van der Waals surface area (Å²) in [5.41, 5.74) is 5.30. The first-order chi connectivity index (χ1) is 14.1. The van der Waals surface area contributed by atoms with Gasteiger partial charge in [-0.05, 0) is 24.6 Å². The molecule has 2 aromatic heterocycles. The fourth-order valence-electron chi connectivity index (χ4n) is 3.77. The highest BCUT2D eigenvalue weighted by Gasteiger charge is 2.20. The maximum absolute atomic E-state index is 12.2. The molecule has 4 rings (SSSR count). The Balaban J connectivity index is 1.28. The molecule has 0 aliphatic carbocycles. The molecule has 0 fully saturated rings. The molecule has 2 N–H and O–H groups in total. The van der Waals surface area contributed by atoms with Crippen molar-refractivity contribution in [1.29, 1.82) is 0 Å². The van der Waals surface area contributed by atoms with Gasteiger partial charge in [-0.3, -0.25) is 9.48 Å². The summed E-state index contributed by atoms with van der Waals surface area (Å²) in [5, 5.41) is 8.43. The van der Waals surface area contributed by atoms with Gasteiger partial charge in [0.05, 0.1) is 29.9 Å². The van der Waals surface area contributed by atoms with Gasteiger partial charge in [0.25, 0.3) is 0 Å². The SMILES string of the molecule is CCCn1nc(CCNC(=O)CCc2nc3ccc(Cl)cc3[nH]2)c2c1CCOC2. The molecule has 0 saturated carbocycles. The van der Waals surface area contributed by atoms with Gasteiger partial charge in [-0.15, -0.1) is 0 Å². The fourth-order valence-corrected chi connectivity index (χ4v) is 3.94. The summed E-state index contributed by atoms with van der Waals surface area (Å²) in [6, 6.07) is 5.53. The number of fused-ring (bicyclic) bond motifs is 2. The molecule has 0 atom stereocenters. The lowest BCUT2D eigenvalue weighted by Gasteiger charge is -2.14. The molecule has 1 aliphatic rings. The lowest BCUT2D eigenvalue weighted by atomic mass is 10.1. The number of aromatic amines is 1. The van der Waals surface area contributed by atoms with E-state index in [0.717, 1.165) is 55.0 Å². The van der Waals surface area contributed by atoms with Gasteiger partial charge in [-0.1, -0.05) is 18.5 Å². The molecule has 1 amide bonds. The van der Waals surface area contributed by atoms with Gasteiger partial charge in [-0.25, -0.2) is 4.98 Å². The highest BCUT2D eigenvalue weighted by atomic mass is 35.5. The normalized spacial score (nSPS) is 13.6. The van der Waals surface area contributed by atoms with Crippen LogP contribution >= 0.6 is 11.6 Å². The zero-order valence-electron chi connectivity index (χ0n) is 16.6. The topological polar surface area (TPSA) is 84.8 Å². The van der Waals surface area contributed by atoms with E-state index >= 15 is 0 Å². The largest absolute Gasteiger partial charge is 0.376 e. The Bertz CT molecular complexity index is 1010. The minimum atomic E-state index is 0.0154. The zero-order chi connectivity index (χ0) is 20.2. The molecule has 0 saturated heterocycles. The molecular weight excluding hydrogens is 390 g/mol. The number of ether oxygens (including phenoxy) is 1. The number of rotatable bonds is 8. The molecule has 0 bridgehead atoms. The molecule has 1 aliphatic heterocycles. The molecule has 0 radical (unpaired) electrons. The van der Waals surface area contributed by atoms with E-state index in [1.54, 1.807) is 0 Å². The number of hydrogen-bond donors (Lipinski definition) is 2. The number of aryl methyl sites for hydroxylation is 2. The van der Waals surface area contributed by atoms with Crippen molar-refractivity contribution in [3.05, 3.63) is 46.0 Å². The number of nitrogens with zero attached hydrogens (tertiary/aromatic N) is 3. The fraction of sp³-hybridized carbons (Fsp3) is 0.476. The Hall–Kier alpha value is -2.38. The minimum Gasteiger partial charge on any atom is -0.376 e. The number of imidazole rings is 1. The summed E-state index contributed by atoms with van der Waals surface area (Å²) in [7, 11) is 0. The van der Waals surface area contributed by atoms with Crippen molar-refractivity contribution in [2.45, 2.75) is 52.2 Å². The minimum absolute atomic E-state index is 0.0154. The van der Waals surface area contributed by atoms with Crippen molar-refractivity contribution in [2.24, 2.45) is 0 Å². The van der Waals surface area contributed by atoms with Gasteiger partial charge >= 0.3 is 0 Å². The molecule has 3 heterocycles. The smallest absolute Gasteiger partial charge is 0.220 e. The van der Waals surface area contributed by atoms with Crippen molar-refractivity contribution in [1.82, 2.24) is 25.1 Å². The van der Waals surface area contributed by atoms with Crippen LogP contribution in [-0.4, -0.2) is 38.8 Å². The van der Waals surface area contributed by atoms with Crippen LogP contribution < -0.4 is 5.32 Å². The standard InChI is InChI=1S/C21H26ClN5O2/c1-2-10-27-19-8-11-29-13-15(19)16(26-27)7-9-23-21(28)6-5-20-24-17-4-3-14(22)12-18(17)25-20/h3-4,12H,2,5-11,13H2,1H3,(H,23,28)(H,24,25). The Morgan fingerprint density at radius 3 is 3.14 bits per heavy atom. The second kappa shape index (κ2) is 8.97. The average molecular weight is 416 g/mol. The number of benzene rings is 1. The van der Waals surface area contributed by atoms with Crippen LogP contribution in [0.4, 0.5) is 0 Å². The van der Waals surface area contributed by atoms with E-state index < -0.39 is 0 Å². The van der Waals surface area contributed by atoms with E-state index in [4.69, 9.17) is 21.4 Å². The van der Waals surface area contributed by atoms with E-state index in [2.05, 4.69) is 26.9 Å². The molecular formula is C21H26ClN5O2. The van der Waals surface area contributed by atoms with E-state index in [0.29, 0.717) is 31.0 Å². The Morgan fingerprint density at radius 2 is 2.28 bits per heavy atom. The van der Waals surface area contributed by atoms with Gasteiger partial charge < -0.3 is 15.0 Å². The lowest BCUT2D eigenvalue weighted by Crippen LogP contribution is -2.26. The number of hydrogen-bond acceptors (Lipinski definition) is 4. The number of H-pyrrole nitrogens is 1. The Kier molecular flexibility index (Phi) is 6.16. The number of carbonyl (C=O) groups is 1. The highest BCUT2D eigenvalue weighted by Crippen LogP contribution is 2.21. The third-order valence-electron chi connectivity index (χ3n) is 5.18. The quantitative estimate of drug-likeness (QED) is 0.591. The van der Waals surface area contributed by atoms with Crippen LogP contribution in [0.15, 0.2) is 18.2 Å². The monoisotopic (exact) mass is 415 g/mol. The summed E-state index contributed by atoms with van der Waals surface area (Å²) in [4.78, 5) is 20.0. The van der Waals surface area contributed by atoms with Crippen LogP contribution in [0.2, 0.25) is 5.02 Å². The highest BCUT2D eigenvalue weighted by molar-refractivity contribution is 6.31. The van der Waals surface area contributed by atoms with Crippen molar-refractivity contribution >= 4 is 28.5 Å². The summed E-state index contributed by atoms with van der Waals surface area (Å²) in [5.74, 6) is 0.809. The van der Waals surface area contributed by atoms with Crippen LogP contribution in [-0.2, 0) is 41.9 Å². The molecule has 29 heavy (non-hydrogen) atoms. The molecule has 154 valence electrons. The van der Waals surface area contributed by atoms with E-state index in [-0.39, 0.29) is 5.91 Å². The average Bonchev–Trinajstić information content (AvgIpc) is 3.28. The van der Waals surface area contributed by atoms with Crippen LogP contribution in [0.25, 0.3) is 11.0 Å². The second-order valence-electron chi connectivity index (χ2n) is 7.34. The van der Waals surface area contributed by atoms with E-state index in [1.165, 1.54) is 11.3 Å². The van der Waals surface area contributed by atoms with Gasteiger partial charge in [0.15, 0.2) is 0 Å². The van der Waals surface area contributed by atoms with E-state index in [9.17, 15) is 4.79 Å². The van der Waals surface area contributed by atoms with Crippen LogP contribution in [0, 0.1) is 0 Å². The maximum atomic E-state index is 12.2. The third-order valence-corrected chi connectivity index (χ3v) is 5.42. The first-order valence-corrected chi connectivity index (χ1v) is 10.6. The Morgan fingerprint density at radius 1 is 1.38 bits per heavy atom. The molecule has 7 nitrogen and oxygen atoms in total. The van der Waals surface area contributed by atoms with Crippen LogP contribution in [0.1, 0.15) is 42.5 Å². The number of halogens is 1. The predicted octanol–water partition coefficient (Wildman–Crippen LogP) is 3.19. The molecule has 0 unspecified atom stereocenters. The van der Waals surface area contributed by atoms with Crippen molar-refractivity contribution < 1.29 is 9.53 Å². The van der Waals surface area contributed by atoms with Gasteiger partial charge in [0, 0.05) is 55.1 Å². The maximum Gasteiger partial charge on any atom is 0.220 e. The van der Waals surface area contributed by atoms with Crippen LogP contribution in [0.3, 0.4) is 0 Å². The number of carbonyl (C=O) groups excluding carboxylic acids is 1. The molecule has 1 aromatic carbocycles. The molecule has 3 aromatic rings. The first-order valence-electron chi connectivity index (χ1n) is 10.2. The number of aromatic nitrogens is 4. The summed E-state index contributed by atoms with van der Waals surface area (Å²) < 4.78 is 7.73. The Labute approximate surface area is 174 Å². The first kappa shape index (κ1) is 19.9. The molecule has 0 spiro atoms. The predicted molar refractivity (Wildman–Crippen MR) is 112 cm³/mol. The van der Waals surface area contributed by atoms with Crippen molar-refractivity contribution in [2.75, 3.05) is 13.2 Å². The summed E-state index contributed by atoms with van der Waals surface area (Å²) in [6.07, 6.45) is 3.64. The summed E-state index contributed by atoms with van der Waals surface area (Å²) in [6.45, 7) is 5.04. The van der Waals surface area contributed by atoms with Crippen LogP contribution in [0.5, 0.6) is 0 Å². The van der Waals surface area contributed by atoms with Crippen molar-refractivity contribution in [3.8, 4) is 0 Å². The molecule has 8 heteroatoms. The van der Waals surface area contributed by atoms with Gasteiger partial charge in [0.2, 0.25) is 5.91 Å².